The van der Waals surface area contributed by atoms with Crippen LogP contribution < -0.4 is 16.0 Å². The van der Waals surface area contributed by atoms with Crippen LogP contribution in [0, 0.1) is 18.6 Å². The molecule has 3 aromatic rings. The maximum Gasteiger partial charge on any atom is 0.405 e. The Morgan fingerprint density at radius 2 is 1.94 bits per heavy atom. The summed E-state index contributed by atoms with van der Waals surface area (Å²) < 4.78 is 30.8. The van der Waals surface area contributed by atoms with Crippen LogP contribution in [-0.4, -0.2) is 61.4 Å². The number of aromatic nitrogens is 3. The second kappa shape index (κ2) is 9.35. The Morgan fingerprint density at radius 1 is 1.18 bits per heavy atom. The molecule has 4 rings (SSSR count). The first-order valence-electron chi connectivity index (χ1n) is 9.81. The van der Waals surface area contributed by atoms with Gasteiger partial charge in [0.05, 0.1) is 29.7 Å². The van der Waals surface area contributed by atoms with E-state index in [-0.39, 0.29) is 41.9 Å². The molecule has 4 N–H and O–H groups in total. The van der Waals surface area contributed by atoms with Crippen LogP contribution in [0.5, 0.6) is 0 Å². The highest BCUT2D eigenvalue weighted by Gasteiger charge is 2.33. The van der Waals surface area contributed by atoms with Crippen molar-refractivity contribution < 1.29 is 28.3 Å². The van der Waals surface area contributed by atoms with E-state index in [1.54, 1.807) is 6.92 Å². The van der Waals surface area contributed by atoms with Crippen LogP contribution in [0.25, 0.3) is 0 Å². The second-order valence-electron chi connectivity index (χ2n) is 7.33. The van der Waals surface area contributed by atoms with Gasteiger partial charge in [-0.3, -0.25) is 14.6 Å². The van der Waals surface area contributed by atoms with E-state index in [1.807, 2.05) is 0 Å². The Balaban J connectivity index is 1.47. The predicted molar refractivity (Wildman–Crippen MR) is 117 cm³/mol. The van der Waals surface area contributed by atoms with E-state index in [2.05, 4.69) is 30.3 Å². The van der Waals surface area contributed by atoms with E-state index in [0.29, 0.717) is 10.7 Å². The molecule has 0 spiro atoms. The van der Waals surface area contributed by atoms with Crippen LogP contribution in [0.15, 0.2) is 30.6 Å². The number of carbonyl (C=O) groups is 3. The second-order valence-corrected chi connectivity index (χ2v) is 8.10. The molecule has 0 aliphatic carbocycles. The Labute approximate surface area is 195 Å². The van der Waals surface area contributed by atoms with Gasteiger partial charge in [0.15, 0.2) is 11.6 Å². The SMILES string of the molecule is Cc1nsc(Nc2cncc(C(=O)N3CC(NC(=O)O)C3)n2)c1C(=O)Nc1ccc(F)c(F)c1. The first kappa shape index (κ1) is 23.0. The van der Waals surface area contributed by atoms with Gasteiger partial charge in [-0.25, -0.2) is 18.6 Å². The molecule has 0 saturated carbocycles. The van der Waals surface area contributed by atoms with Gasteiger partial charge in [0, 0.05) is 24.8 Å². The van der Waals surface area contributed by atoms with Crippen LogP contribution in [0.4, 0.5) is 30.1 Å². The highest BCUT2D eigenvalue weighted by atomic mass is 32.1. The molecule has 1 aliphatic rings. The fourth-order valence-electron chi connectivity index (χ4n) is 3.21. The lowest BCUT2D eigenvalue weighted by Crippen LogP contribution is -2.60. The summed E-state index contributed by atoms with van der Waals surface area (Å²) in [4.78, 5) is 45.7. The lowest BCUT2D eigenvalue weighted by Gasteiger charge is -2.38. The lowest BCUT2D eigenvalue weighted by atomic mass is 10.1. The minimum atomic E-state index is -1.16. The van der Waals surface area contributed by atoms with Crippen molar-refractivity contribution in [1.29, 1.82) is 0 Å². The van der Waals surface area contributed by atoms with Gasteiger partial charge in [0.2, 0.25) is 0 Å². The molecular weight excluding hydrogens is 472 g/mol. The molecule has 176 valence electrons. The summed E-state index contributed by atoms with van der Waals surface area (Å²) in [5, 5.41) is 16.7. The average Bonchev–Trinajstić information content (AvgIpc) is 3.12. The van der Waals surface area contributed by atoms with Crippen molar-refractivity contribution in [2.75, 3.05) is 23.7 Å². The molecule has 1 fully saturated rings. The molecule has 1 aromatic carbocycles. The summed E-state index contributed by atoms with van der Waals surface area (Å²) in [6, 6.07) is 2.65. The molecule has 34 heavy (non-hydrogen) atoms. The van der Waals surface area contributed by atoms with E-state index in [9.17, 15) is 23.2 Å². The maximum absolute atomic E-state index is 13.5. The molecule has 1 saturated heterocycles. The normalized spacial score (nSPS) is 13.2. The molecule has 2 aromatic heterocycles. The van der Waals surface area contributed by atoms with Gasteiger partial charge in [-0.15, -0.1) is 0 Å². The van der Waals surface area contributed by atoms with Gasteiger partial charge in [-0.05, 0) is 30.6 Å². The molecule has 3 amide bonds. The molecule has 0 unspecified atom stereocenters. The third-order valence-electron chi connectivity index (χ3n) is 4.86. The van der Waals surface area contributed by atoms with Crippen molar-refractivity contribution >= 4 is 45.9 Å². The van der Waals surface area contributed by atoms with Crippen molar-refractivity contribution in [3.05, 3.63) is 59.2 Å². The fourth-order valence-corrected chi connectivity index (χ4v) is 4.01. The number of likely N-dealkylation sites (tertiary alicyclic amines) is 1. The number of anilines is 3. The first-order valence-corrected chi connectivity index (χ1v) is 10.6. The molecule has 0 radical (unpaired) electrons. The summed E-state index contributed by atoms with van der Waals surface area (Å²) >= 11 is 0.975. The van der Waals surface area contributed by atoms with Gasteiger partial charge in [-0.1, -0.05) is 0 Å². The Morgan fingerprint density at radius 3 is 2.65 bits per heavy atom. The summed E-state index contributed by atoms with van der Waals surface area (Å²) in [6.45, 7) is 2.04. The van der Waals surface area contributed by atoms with E-state index in [4.69, 9.17) is 5.11 Å². The number of hydrogen-bond donors (Lipinski definition) is 4. The fraction of sp³-hybridized carbons (Fsp3) is 0.200. The van der Waals surface area contributed by atoms with Crippen LogP contribution >= 0.6 is 11.5 Å². The number of nitrogens with zero attached hydrogens (tertiary/aromatic N) is 4. The topological polar surface area (TPSA) is 149 Å². The predicted octanol–water partition coefficient (Wildman–Crippen LogP) is 2.61. The zero-order chi connectivity index (χ0) is 24.4. The number of benzene rings is 1. The molecule has 0 atom stereocenters. The molecule has 1 aliphatic heterocycles. The number of rotatable bonds is 6. The van der Waals surface area contributed by atoms with Crippen molar-refractivity contribution in [3.63, 3.8) is 0 Å². The first-order chi connectivity index (χ1) is 16.2. The van der Waals surface area contributed by atoms with Crippen molar-refractivity contribution in [2.45, 2.75) is 13.0 Å². The molecule has 0 bridgehead atoms. The summed E-state index contributed by atoms with van der Waals surface area (Å²) in [5.41, 5.74) is 0.662. The number of carbonyl (C=O) groups excluding carboxylic acids is 2. The number of nitrogens with one attached hydrogen (secondary N) is 3. The van der Waals surface area contributed by atoms with Crippen molar-refractivity contribution in [3.8, 4) is 0 Å². The largest absolute Gasteiger partial charge is 0.465 e. The number of hydrogen-bond acceptors (Lipinski definition) is 8. The van der Waals surface area contributed by atoms with Crippen LogP contribution in [0.1, 0.15) is 26.5 Å². The Bertz CT molecular complexity index is 1280. The standard InChI is InChI=1S/C20H17F2N7O4S/c1-9-16(17(30)24-10-2-3-12(21)13(22)4-10)18(34-28-9)27-15-6-23-5-14(26-15)19(31)29-7-11(8-29)25-20(32)33/h2-6,11,25H,7-8H2,1H3,(H,24,30)(H,26,27)(H,32,33). The van der Waals surface area contributed by atoms with E-state index < -0.39 is 29.5 Å². The molecule has 14 heteroatoms. The molecule has 11 nitrogen and oxygen atoms in total. The minimum absolute atomic E-state index is 0.0350. The van der Waals surface area contributed by atoms with Gasteiger partial charge in [-0.2, -0.15) is 4.37 Å². The van der Waals surface area contributed by atoms with Crippen molar-refractivity contribution in [1.82, 2.24) is 24.6 Å². The number of carboxylic acid groups (broad SMARTS) is 1. The van der Waals surface area contributed by atoms with Crippen LogP contribution in [-0.2, 0) is 0 Å². The highest BCUT2D eigenvalue weighted by molar-refractivity contribution is 7.10. The molecular formula is C20H17F2N7O4S. The van der Waals surface area contributed by atoms with Crippen LogP contribution in [0.3, 0.4) is 0 Å². The van der Waals surface area contributed by atoms with Gasteiger partial charge < -0.3 is 26.0 Å². The Kier molecular flexibility index (Phi) is 6.32. The number of amides is 3. The van der Waals surface area contributed by atoms with Crippen LogP contribution in [0.2, 0.25) is 0 Å². The lowest BCUT2D eigenvalue weighted by molar-refractivity contribution is 0.0558. The van der Waals surface area contributed by atoms with E-state index >= 15 is 0 Å². The zero-order valence-electron chi connectivity index (χ0n) is 17.5. The zero-order valence-corrected chi connectivity index (χ0v) is 18.3. The van der Waals surface area contributed by atoms with Gasteiger partial charge in [0.1, 0.15) is 16.5 Å². The summed E-state index contributed by atoms with van der Waals surface area (Å²) in [5.74, 6) is -2.97. The maximum atomic E-state index is 13.5. The quantitative estimate of drug-likeness (QED) is 0.413. The third kappa shape index (κ3) is 4.91. The average molecular weight is 489 g/mol. The van der Waals surface area contributed by atoms with E-state index in [0.717, 1.165) is 23.7 Å². The third-order valence-corrected chi connectivity index (χ3v) is 5.71. The highest BCUT2D eigenvalue weighted by Crippen LogP contribution is 2.28. The summed E-state index contributed by atoms with van der Waals surface area (Å²) in [7, 11) is 0. The minimum Gasteiger partial charge on any atom is -0.465 e. The summed E-state index contributed by atoms with van der Waals surface area (Å²) in [6.07, 6.45) is 1.47. The van der Waals surface area contributed by atoms with E-state index in [1.165, 1.54) is 23.4 Å². The van der Waals surface area contributed by atoms with Gasteiger partial charge >= 0.3 is 6.09 Å². The van der Waals surface area contributed by atoms with Gasteiger partial charge in [0.25, 0.3) is 11.8 Å². The molecule has 3 heterocycles. The number of aryl methyl sites for hydroxylation is 1. The Hall–Kier alpha value is -4.20. The van der Waals surface area contributed by atoms with Crippen molar-refractivity contribution in [2.24, 2.45) is 0 Å². The smallest absolute Gasteiger partial charge is 0.405 e. The monoisotopic (exact) mass is 489 g/mol. The number of halogens is 2.